The van der Waals surface area contributed by atoms with E-state index in [1.807, 2.05) is 13.8 Å². The number of carbonyl (C=O) groups is 1. The van der Waals surface area contributed by atoms with Gasteiger partial charge in [0.25, 0.3) is 0 Å². The number of hydrogen-bond acceptors (Lipinski definition) is 2. The van der Waals surface area contributed by atoms with Crippen molar-refractivity contribution in [2.75, 3.05) is 19.6 Å². The molecule has 0 saturated carbocycles. The first-order valence-electron chi connectivity index (χ1n) is 6.81. The molecule has 1 unspecified atom stereocenters. The molecule has 1 aliphatic rings. The molecule has 1 heterocycles. The normalized spacial score (nSPS) is 15.9. The number of amides is 1. The van der Waals surface area contributed by atoms with Crippen LogP contribution in [0.15, 0.2) is 18.2 Å². The van der Waals surface area contributed by atoms with Gasteiger partial charge in [-0.2, -0.15) is 0 Å². The van der Waals surface area contributed by atoms with Crippen LogP contribution < -0.4 is 10.6 Å². The second-order valence-electron chi connectivity index (χ2n) is 5.32. The molecule has 0 radical (unpaired) electrons. The predicted molar refractivity (Wildman–Crippen MR) is 80.6 cm³/mol. The van der Waals surface area contributed by atoms with Crippen molar-refractivity contribution in [3.63, 3.8) is 0 Å². The summed E-state index contributed by atoms with van der Waals surface area (Å²) in [4.78, 5) is 11.9. The van der Waals surface area contributed by atoms with Gasteiger partial charge < -0.3 is 10.6 Å². The molecule has 1 fully saturated rings. The van der Waals surface area contributed by atoms with Crippen molar-refractivity contribution in [1.29, 1.82) is 0 Å². The third-order valence-corrected chi connectivity index (χ3v) is 3.93. The van der Waals surface area contributed by atoms with Crippen molar-refractivity contribution in [2.24, 2.45) is 11.8 Å². The summed E-state index contributed by atoms with van der Waals surface area (Å²) in [6.07, 6.45) is 0.744. The fraction of sp³-hybridized carbons (Fsp3) is 0.533. The second-order valence-corrected chi connectivity index (χ2v) is 5.32. The van der Waals surface area contributed by atoms with Gasteiger partial charge in [-0.25, -0.2) is 4.39 Å². The molecule has 0 aromatic heterocycles. The number of nitrogens with one attached hydrogen (secondary N) is 2. The Balaban J connectivity index is 0.00000200. The molecule has 5 heteroatoms. The van der Waals surface area contributed by atoms with E-state index in [0.29, 0.717) is 12.5 Å². The minimum absolute atomic E-state index is 0. The standard InChI is InChI=1S/C15H21FN2O.ClH/c1-10-7-14(16)4-3-12(10)5-6-18-15(19)11(2)13-8-17-9-13;/h3-4,7,11,13,17H,5-6,8-9H2,1-2H3,(H,18,19);1H. The van der Waals surface area contributed by atoms with Crippen molar-refractivity contribution in [2.45, 2.75) is 20.3 Å². The van der Waals surface area contributed by atoms with Crippen LogP contribution in [0.25, 0.3) is 0 Å². The molecule has 20 heavy (non-hydrogen) atoms. The maximum Gasteiger partial charge on any atom is 0.223 e. The molecule has 0 bridgehead atoms. The van der Waals surface area contributed by atoms with Crippen molar-refractivity contribution in [3.05, 3.63) is 35.1 Å². The quantitative estimate of drug-likeness (QED) is 0.874. The molecular formula is C15H22ClFN2O. The molecule has 2 rings (SSSR count). The van der Waals surface area contributed by atoms with Gasteiger partial charge in [0.2, 0.25) is 5.91 Å². The molecule has 1 aromatic rings. The average molecular weight is 301 g/mol. The Kier molecular flexibility index (Phi) is 6.43. The predicted octanol–water partition coefficient (Wildman–Crippen LogP) is 2.07. The molecule has 1 saturated heterocycles. The van der Waals surface area contributed by atoms with Crippen LogP contribution in [0.3, 0.4) is 0 Å². The summed E-state index contributed by atoms with van der Waals surface area (Å²) in [6, 6.07) is 4.78. The monoisotopic (exact) mass is 300 g/mol. The zero-order chi connectivity index (χ0) is 13.8. The Morgan fingerprint density at radius 1 is 1.50 bits per heavy atom. The number of rotatable bonds is 5. The van der Waals surface area contributed by atoms with Gasteiger partial charge in [-0.15, -0.1) is 12.4 Å². The molecule has 1 aliphatic heterocycles. The van der Waals surface area contributed by atoms with Gasteiger partial charge in [0.05, 0.1) is 0 Å². The first-order chi connectivity index (χ1) is 9.08. The Labute approximate surface area is 125 Å². The fourth-order valence-electron chi connectivity index (χ4n) is 2.30. The molecule has 0 spiro atoms. The lowest BCUT2D eigenvalue weighted by Gasteiger charge is -2.31. The van der Waals surface area contributed by atoms with Gasteiger partial charge in [0, 0.05) is 12.5 Å². The van der Waals surface area contributed by atoms with Gasteiger partial charge in [-0.1, -0.05) is 13.0 Å². The van der Waals surface area contributed by atoms with Gasteiger partial charge in [0.15, 0.2) is 0 Å². The van der Waals surface area contributed by atoms with E-state index in [-0.39, 0.29) is 30.0 Å². The van der Waals surface area contributed by atoms with E-state index in [1.165, 1.54) is 12.1 Å². The largest absolute Gasteiger partial charge is 0.356 e. The van der Waals surface area contributed by atoms with Crippen LogP contribution in [-0.4, -0.2) is 25.5 Å². The van der Waals surface area contributed by atoms with Gasteiger partial charge >= 0.3 is 0 Å². The highest BCUT2D eigenvalue weighted by atomic mass is 35.5. The van der Waals surface area contributed by atoms with E-state index in [4.69, 9.17) is 0 Å². The van der Waals surface area contributed by atoms with E-state index in [1.54, 1.807) is 6.07 Å². The van der Waals surface area contributed by atoms with E-state index in [9.17, 15) is 9.18 Å². The first-order valence-corrected chi connectivity index (χ1v) is 6.81. The highest BCUT2D eigenvalue weighted by Gasteiger charge is 2.28. The maximum absolute atomic E-state index is 13.0. The summed E-state index contributed by atoms with van der Waals surface area (Å²) < 4.78 is 13.0. The molecule has 112 valence electrons. The molecule has 0 aliphatic carbocycles. The highest BCUT2D eigenvalue weighted by molar-refractivity contribution is 5.85. The van der Waals surface area contributed by atoms with E-state index >= 15 is 0 Å². The third kappa shape index (κ3) is 4.18. The Bertz CT molecular complexity index is 463. The summed E-state index contributed by atoms with van der Waals surface area (Å²) in [7, 11) is 0. The Morgan fingerprint density at radius 2 is 2.20 bits per heavy atom. The highest BCUT2D eigenvalue weighted by Crippen LogP contribution is 2.16. The Hall–Kier alpha value is -1.13. The Morgan fingerprint density at radius 3 is 2.75 bits per heavy atom. The molecule has 1 aromatic carbocycles. The minimum Gasteiger partial charge on any atom is -0.356 e. The van der Waals surface area contributed by atoms with Crippen LogP contribution in [0.2, 0.25) is 0 Å². The van der Waals surface area contributed by atoms with E-state index in [0.717, 1.165) is 30.6 Å². The van der Waals surface area contributed by atoms with Crippen LogP contribution in [0.5, 0.6) is 0 Å². The summed E-state index contributed by atoms with van der Waals surface area (Å²) >= 11 is 0. The zero-order valence-corrected chi connectivity index (χ0v) is 12.7. The van der Waals surface area contributed by atoms with Crippen molar-refractivity contribution >= 4 is 18.3 Å². The van der Waals surface area contributed by atoms with Crippen LogP contribution in [0.4, 0.5) is 4.39 Å². The van der Waals surface area contributed by atoms with E-state index < -0.39 is 0 Å². The lowest BCUT2D eigenvalue weighted by atomic mass is 9.88. The second kappa shape index (κ2) is 7.60. The average Bonchev–Trinajstić information content (AvgIpc) is 2.29. The molecular weight excluding hydrogens is 279 g/mol. The molecule has 3 nitrogen and oxygen atoms in total. The SMILES string of the molecule is Cc1cc(F)ccc1CCNC(=O)C(C)C1CNC1.Cl. The van der Waals surface area contributed by atoms with Gasteiger partial charge in [0.1, 0.15) is 5.82 Å². The van der Waals surface area contributed by atoms with Gasteiger partial charge in [-0.05, 0) is 55.6 Å². The number of aryl methyl sites for hydroxylation is 1. The summed E-state index contributed by atoms with van der Waals surface area (Å²) in [5, 5.41) is 6.14. The smallest absolute Gasteiger partial charge is 0.223 e. The number of hydrogen-bond donors (Lipinski definition) is 2. The zero-order valence-electron chi connectivity index (χ0n) is 11.9. The maximum atomic E-state index is 13.0. The summed E-state index contributed by atoms with van der Waals surface area (Å²) in [5.74, 6) is 0.436. The van der Waals surface area contributed by atoms with Crippen LogP contribution in [0, 0.1) is 24.6 Å². The van der Waals surface area contributed by atoms with Crippen molar-refractivity contribution < 1.29 is 9.18 Å². The number of carbonyl (C=O) groups excluding carboxylic acids is 1. The van der Waals surface area contributed by atoms with Crippen molar-refractivity contribution in [3.8, 4) is 0 Å². The minimum atomic E-state index is -0.212. The number of benzene rings is 1. The first kappa shape index (κ1) is 16.9. The molecule has 1 atom stereocenters. The van der Waals surface area contributed by atoms with Crippen LogP contribution in [0.1, 0.15) is 18.1 Å². The lowest BCUT2D eigenvalue weighted by Crippen LogP contribution is -2.49. The summed E-state index contributed by atoms with van der Waals surface area (Å²) in [6.45, 7) is 6.35. The lowest BCUT2D eigenvalue weighted by molar-refractivity contribution is -0.126. The van der Waals surface area contributed by atoms with Crippen LogP contribution >= 0.6 is 12.4 Å². The van der Waals surface area contributed by atoms with Crippen LogP contribution in [-0.2, 0) is 11.2 Å². The number of halogens is 2. The fourth-order valence-corrected chi connectivity index (χ4v) is 2.30. The third-order valence-electron chi connectivity index (χ3n) is 3.93. The van der Waals surface area contributed by atoms with E-state index in [2.05, 4.69) is 10.6 Å². The molecule has 1 amide bonds. The van der Waals surface area contributed by atoms with Crippen molar-refractivity contribution in [1.82, 2.24) is 10.6 Å². The summed E-state index contributed by atoms with van der Waals surface area (Å²) in [5.41, 5.74) is 2.02. The molecule has 2 N–H and O–H groups in total. The topological polar surface area (TPSA) is 41.1 Å². The van der Waals surface area contributed by atoms with Gasteiger partial charge in [-0.3, -0.25) is 4.79 Å².